The SMILES string of the molecule is CNc1nc(Cl)nc2c1ncn2C1OC(CO)C(O)C1(C)F. The van der Waals surface area contributed by atoms with Gasteiger partial charge in [-0.1, -0.05) is 0 Å². The average molecular weight is 332 g/mol. The lowest BCUT2D eigenvalue weighted by Crippen LogP contribution is -2.40. The number of aromatic nitrogens is 4. The van der Waals surface area contributed by atoms with Crippen molar-refractivity contribution in [3.8, 4) is 0 Å². The molecule has 1 aliphatic rings. The van der Waals surface area contributed by atoms with E-state index in [9.17, 15) is 14.6 Å². The molecule has 0 saturated carbocycles. The zero-order valence-electron chi connectivity index (χ0n) is 11.9. The van der Waals surface area contributed by atoms with Gasteiger partial charge in [0.2, 0.25) is 5.28 Å². The minimum Gasteiger partial charge on any atom is -0.394 e. The molecule has 22 heavy (non-hydrogen) atoms. The lowest BCUT2D eigenvalue weighted by molar-refractivity contribution is -0.0566. The number of nitrogens with zero attached hydrogens (tertiary/aromatic N) is 4. The summed E-state index contributed by atoms with van der Waals surface area (Å²) in [5.41, 5.74) is -1.46. The number of aliphatic hydroxyl groups is 2. The van der Waals surface area contributed by atoms with Gasteiger partial charge < -0.3 is 20.3 Å². The van der Waals surface area contributed by atoms with Gasteiger partial charge in [-0.05, 0) is 18.5 Å². The zero-order valence-corrected chi connectivity index (χ0v) is 12.6. The lowest BCUT2D eigenvalue weighted by atomic mass is 9.98. The molecule has 3 heterocycles. The van der Waals surface area contributed by atoms with Gasteiger partial charge in [-0.2, -0.15) is 9.97 Å². The van der Waals surface area contributed by atoms with Gasteiger partial charge in [-0.15, -0.1) is 0 Å². The highest BCUT2D eigenvalue weighted by molar-refractivity contribution is 6.28. The minimum absolute atomic E-state index is 0.0311. The molecule has 10 heteroatoms. The molecule has 0 amide bonds. The third kappa shape index (κ3) is 2.12. The number of fused-ring (bicyclic) bond motifs is 1. The van der Waals surface area contributed by atoms with Gasteiger partial charge in [0.05, 0.1) is 12.9 Å². The number of ether oxygens (including phenoxy) is 1. The molecule has 4 atom stereocenters. The fourth-order valence-corrected chi connectivity index (χ4v) is 2.76. The summed E-state index contributed by atoms with van der Waals surface area (Å²) in [6.07, 6.45) is -2.36. The molecule has 1 aliphatic heterocycles. The maximum atomic E-state index is 14.9. The van der Waals surface area contributed by atoms with E-state index in [1.807, 2.05) is 0 Å². The normalized spacial score (nSPS) is 31.8. The van der Waals surface area contributed by atoms with Crippen molar-refractivity contribution in [2.45, 2.75) is 31.0 Å². The van der Waals surface area contributed by atoms with E-state index in [-0.39, 0.29) is 10.9 Å². The number of nitrogens with one attached hydrogen (secondary N) is 1. The Morgan fingerprint density at radius 3 is 2.86 bits per heavy atom. The Hall–Kier alpha value is -1.55. The van der Waals surface area contributed by atoms with Crippen LogP contribution in [0.25, 0.3) is 11.2 Å². The standard InChI is InChI=1S/C12H15ClFN5O3/c1-12(14)7(21)5(3-20)22-10(12)19-4-16-6-8(15-2)17-11(13)18-9(6)19/h4-5,7,10,20-21H,3H2,1-2H3,(H,15,17,18). The second-order valence-electron chi connectivity index (χ2n) is 5.22. The van der Waals surface area contributed by atoms with Gasteiger partial charge in [0, 0.05) is 7.05 Å². The molecule has 4 unspecified atom stereocenters. The van der Waals surface area contributed by atoms with Crippen LogP contribution in [0.3, 0.4) is 0 Å². The Morgan fingerprint density at radius 2 is 2.27 bits per heavy atom. The van der Waals surface area contributed by atoms with Crippen LogP contribution < -0.4 is 5.32 Å². The highest BCUT2D eigenvalue weighted by atomic mass is 35.5. The van der Waals surface area contributed by atoms with Crippen molar-refractivity contribution in [1.29, 1.82) is 0 Å². The smallest absolute Gasteiger partial charge is 0.226 e. The van der Waals surface area contributed by atoms with E-state index < -0.39 is 30.7 Å². The number of imidazole rings is 1. The van der Waals surface area contributed by atoms with Crippen molar-refractivity contribution in [2.24, 2.45) is 0 Å². The Bertz CT molecular complexity index is 709. The van der Waals surface area contributed by atoms with Crippen LogP contribution in [-0.2, 0) is 4.74 Å². The second-order valence-corrected chi connectivity index (χ2v) is 5.56. The molecule has 0 bridgehead atoms. The van der Waals surface area contributed by atoms with Gasteiger partial charge in [-0.3, -0.25) is 4.57 Å². The predicted molar refractivity (Wildman–Crippen MR) is 76.4 cm³/mol. The number of hydrogen-bond acceptors (Lipinski definition) is 7. The second kappa shape index (κ2) is 5.27. The maximum Gasteiger partial charge on any atom is 0.226 e. The first-order chi connectivity index (χ1) is 10.4. The van der Waals surface area contributed by atoms with Crippen molar-refractivity contribution in [3.05, 3.63) is 11.6 Å². The van der Waals surface area contributed by atoms with Crippen molar-refractivity contribution < 1.29 is 19.3 Å². The molecule has 2 aromatic rings. The quantitative estimate of drug-likeness (QED) is 0.703. The largest absolute Gasteiger partial charge is 0.394 e. The summed E-state index contributed by atoms with van der Waals surface area (Å²) >= 11 is 5.87. The fourth-order valence-electron chi connectivity index (χ4n) is 2.60. The molecular weight excluding hydrogens is 317 g/mol. The summed E-state index contributed by atoms with van der Waals surface area (Å²) in [4.78, 5) is 12.2. The summed E-state index contributed by atoms with van der Waals surface area (Å²) in [5, 5.41) is 21.9. The van der Waals surface area contributed by atoms with Gasteiger partial charge in [0.15, 0.2) is 28.9 Å². The average Bonchev–Trinajstić information content (AvgIpc) is 2.98. The van der Waals surface area contributed by atoms with Crippen LogP contribution in [-0.4, -0.2) is 61.3 Å². The molecule has 3 rings (SSSR count). The molecule has 0 aliphatic carbocycles. The zero-order chi connectivity index (χ0) is 16.1. The molecular formula is C12H15ClFN5O3. The maximum absolute atomic E-state index is 14.9. The van der Waals surface area contributed by atoms with E-state index in [2.05, 4.69) is 20.3 Å². The number of halogens is 2. The monoisotopic (exact) mass is 331 g/mol. The summed E-state index contributed by atoms with van der Waals surface area (Å²) in [6, 6.07) is 0. The Morgan fingerprint density at radius 1 is 1.55 bits per heavy atom. The molecule has 8 nitrogen and oxygen atoms in total. The molecule has 0 radical (unpaired) electrons. The molecule has 2 aromatic heterocycles. The van der Waals surface area contributed by atoms with E-state index in [1.165, 1.54) is 17.8 Å². The van der Waals surface area contributed by atoms with Crippen LogP contribution in [0, 0.1) is 0 Å². The first-order valence-corrected chi connectivity index (χ1v) is 6.99. The Balaban J connectivity index is 2.13. The first-order valence-electron chi connectivity index (χ1n) is 6.61. The number of rotatable bonds is 3. The van der Waals surface area contributed by atoms with Gasteiger partial charge >= 0.3 is 0 Å². The van der Waals surface area contributed by atoms with Crippen LogP contribution in [0.1, 0.15) is 13.2 Å². The highest BCUT2D eigenvalue weighted by Gasteiger charge is 2.55. The van der Waals surface area contributed by atoms with Crippen LogP contribution in [0.4, 0.5) is 10.2 Å². The topological polar surface area (TPSA) is 105 Å². The van der Waals surface area contributed by atoms with Gasteiger partial charge in [0.25, 0.3) is 0 Å². The fraction of sp³-hybridized carbons (Fsp3) is 0.583. The molecule has 3 N–H and O–H groups in total. The Labute approximate surface area is 129 Å². The highest BCUT2D eigenvalue weighted by Crippen LogP contribution is 2.42. The molecule has 0 spiro atoms. The number of anilines is 1. The molecule has 120 valence electrons. The number of aliphatic hydroxyl groups excluding tert-OH is 2. The lowest BCUT2D eigenvalue weighted by Gasteiger charge is -2.24. The molecule has 1 fully saturated rings. The van der Waals surface area contributed by atoms with Crippen molar-refractivity contribution >= 4 is 28.6 Å². The van der Waals surface area contributed by atoms with E-state index in [4.69, 9.17) is 16.3 Å². The van der Waals surface area contributed by atoms with Crippen LogP contribution in [0.15, 0.2) is 6.33 Å². The van der Waals surface area contributed by atoms with Crippen molar-refractivity contribution in [1.82, 2.24) is 19.5 Å². The van der Waals surface area contributed by atoms with E-state index in [0.717, 1.165) is 0 Å². The van der Waals surface area contributed by atoms with Crippen LogP contribution in [0.5, 0.6) is 0 Å². The molecule has 0 aromatic carbocycles. The third-order valence-electron chi connectivity index (χ3n) is 3.78. The van der Waals surface area contributed by atoms with Crippen LogP contribution in [0.2, 0.25) is 5.28 Å². The summed E-state index contributed by atoms with van der Waals surface area (Å²) in [7, 11) is 1.65. The van der Waals surface area contributed by atoms with E-state index >= 15 is 0 Å². The van der Waals surface area contributed by atoms with E-state index in [0.29, 0.717) is 11.3 Å². The third-order valence-corrected chi connectivity index (χ3v) is 3.95. The summed E-state index contributed by atoms with van der Waals surface area (Å²) in [6.45, 7) is 0.701. The summed E-state index contributed by atoms with van der Waals surface area (Å²) in [5.74, 6) is 0.395. The summed E-state index contributed by atoms with van der Waals surface area (Å²) < 4.78 is 21.6. The van der Waals surface area contributed by atoms with Gasteiger partial charge in [-0.25, -0.2) is 9.37 Å². The van der Waals surface area contributed by atoms with Crippen LogP contribution >= 0.6 is 11.6 Å². The van der Waals surface area contributed by atoms with Gasteiger partial charge in [0.1, 0.15) is 12.2 Å². The van der Waals surface area contributed by atoms with E-state index in [1.54, 1.807) is 7.05 Å². The molecule has 1 saturated heterocycles. The predicted octanol–water partition coefficient (Wildman–Crippen LogP) is 0.500. The number of hydrogen-bond donors (Lipinski definition) is 3. The minimum atomic E-state index is -2.13. The van der Waals surface area contributed by atoms with Crippen molar-refractivity contribution in [3.63, 3.8) is 0 Å². The number of alkyl halides is 1. The first kappa shape index (κ1) is 15.3. The van der Waals surface area contributed by atoms with Crippen molar-refractivity contribution in [2.75, 3.05) is 19.0 Å². The Kier molecular flexibility index (Phi) is 3.68.